The molecule has 0 aromatic rings. The molecule has 0 aliphatic heterocycles. The van der Waals surface area contributed by atoms with Crippen LogP contribution in [0.4, 0.5) is 0 Å². The molecule has 3 rings (SSSR count). The minimum absolute atomic E-state index is 0.174. The van der Waals surface area contributed by atoms with Crippen LogP contribution in [0.2, 0.25) is 0 Å². The molecule has 1 N–H and O–H groups in total. The average Bonchev–Trinajstić information content (AvgIpc) is 2.18. The Balaban J connectivity index is 2.21. The fourth-order valence-electron chi connectivity index (χ4n) is 3.04. The smallest absolute Gasteiger partial charge is 0.173 e. The van der Waals surface area contributed by atoms with Crippen LogP contribution in [0.3, 0.4) is 0 Å². The first-order chi connectivity index (χ1) is 6.22. The summed E-state index contributed by atoms with van der Waals surface area (Å²) < 4.78 is 10.9. The molecule has 3 unspecified atom stereocenters. The lowest BCUT2D eigenvalue weighted by Gasteiger charge is -2.51. The van der Waals surface area contributed by atoms with Crippen LogP contribution < -0.4 is 0 Å². The van der Waals surface area contributed by atoms with E-state index in [0.717, 1.165) is 19.3 Å². The van der Waals surface area contributed by atoms with Gasteiger partial charge in [0.1, 0.15) is 0 Å². The Hall–Kier alpha value is -0.120. The molecule has 0 amide bonds. The second-order valence-electron chi connectivity index (χ2n) is 4.28. The van der Waals surface area contributed by atoms with Gasteiger partial charge in [-0.3, -0.25) is 0 Å². The van der Waals surface area contributed by atoms with Crippen LogP contribution in [0.1, 0.15) is 25.7 Å². The number of hydrogen-bond acceptors (Lipinski definition) is 3. The fourth-order valence-corrected chi connectivity index (χ4v) is 3.04. The highest BCUT2D eigenvalue weighted by atomic mass is 16.7. The maximum Gasteiger partial charge on any atom is 0.173 e. The average molecular weight is 186 g/mol. The summed E-state index contributed by atoms with van der Waals surface area (Å²) in [6.07, 6.45) is 3.90. The summed E-state index contributed by atoms with van der Waals surface area (Å²) in [5.41, 5.74) is 0. The molecule has 0 spiro atoms. The van der Waals surface area contributed by atoms with Crippen molar-refractivity contribution in [2.75, 3.05) is 14.2 Å². The number of ether oxygens (including phenoxy) is 2. The normalized spacial score (nSPS) is 42.2. The summed E-state index contributed by atoms with van der Waals surface area (Å²) in [6.45, 7) is 0. The zero-order chi connectivity index (χ0) is 9.47. The van der Waals surface area contributed by atoms with Crippen LogP contribution >= 0.6 is 0 Å². The van der Waals surface area contributed by atoms with Crippen molar-refractivity contribution in [3.05, 3.63) is 0 Å². The van der Waals surface area contributed by atoms with Gasteiger partial charge in [-0.1, -0.05) is 0 Å². The molecule has 0 radical (unpaired) electrons. The maximum atomic E-state index is 9.84. The van der Waals surface area contributed by atoms with E-state index in [0.29, 0.717) is 5.92 Å². The summed E-state index contributed by atoms with van der Waals surface area (Å²) in [4.78, 5) is 0. The van der Waals surface area contributed by atoms with E-state index in [1.54, 1.807) is 14.2 Å². The highest BCUT2D eigenvalue weighted by Crippen LogP contribution is 2.49. The number of methoxy groups -OCH3 is 2. The highest BCUT2D eigenvalue weighted by molar-refractivity contribution is 4.97. The lowest BCUT2D eigenvalue weighted by atomic mass is 9.65. The molecule has 3 saturated carbocycles. The van der Waals surface area contributed by atoms with Gasteiger partial charge in [-0.2, -0.15) is 0 Å². The Morgan fingerprint density at radius 1 is 1.23 bits per heavy atom. The summed E-state index contributed by atoms with van der Waals surface area (Å²) in [7, 11) is 3.36. The highest BCUT2D eigenvalue weighted by Gasteiger charge is 2.52. The molecule has 13 heavy (non-hydrogen) atoms. The van der Waals surface area contributed by atoms with Gasteiger partial charge in [0, 0.05) is 26.6 Å². The molecule has 0 heterocycles. The van der Waals surface area contributed by atoms with Crippen LogP contribution in [0, 0.1) is 11.8 Å². The standard InChI is InChI=1S/C10H18O3/c1-12-10(13-2)6-7-3-4-8(10)9(11)5-7/h7-9,11H,3-6H2,1-2H3. The second-order valence-corrected chi connectivity index (χ2v) is 4.28. The minimum Gasteiger partial charge on any atom is -0.393 e. The van der Waals surface area contributed by atoms with Crippen molar-refractivity contribution in [1.82, 2.24) is 0 Å². The van der Waals surface area contributed by atoms with Gasteiger partial charge in [0.15, 0.2) is 5.79 Å². The lowest BCUT2D eigenvalue weighted by Crippen LogP contribution is -2.56. The number of aliphatic hydroxyl groups excluding tert-OH is 1. The van der Waals surface area contributed by atoms with Gasteiger partial charge in [-0.25, -0.2) is 0 Å². The van der Waals surface area contributed by atoms with E-state index in [-0.39, 0.29) is 12.0 Å². The lowest BCUT2D eigenvalue weighted by molar-refractivity contribution is -0.297. The van der Waals surface area contributed by atoms with Crippen LogP contribution in [0.25, 0.3) is 0 Å². The first kappa shape index (κ1) is 9.44. The Labute approximate surface area is 79.0 Å². The molecule has 0 saturated heterocycles. The third-order valence-electron chi connectivity index (χ3n) is 3.75. The number of hydrogen-bond donors (Lipinski definition) is 1. The van der Waals surface area contributed by atoms with Gasteiger partial charge in [0.05, 0.1) is 6.10 Å². The van der Waals surface area contributed by atoms with E-state index < -0.39 is 5.79 Å². The number of aliphatic hydroxyl groups is 1. The molecule has 3 fully saturated rings. The van der Waals surface area contributed by atoms with Crippen molar-refractivity contribution < 1.29 is 14.6 Å². The third kappa shape index (κ3) is 1.30. The minimum atomic E-state index is -0.499. The molecule has 3 aliphatic carbocycles. The summed E-state index contributed by atoms with van der Waals surface area (Å²) in [5.74, 6) is 0.257. The molecule has 0 aromatic carbocycles. The molecule has 3 atom stereocenters. The largest absolute Gasteiger partial charge is 0.393 e. The van der Waals surface area contributed by atoms with Gasteiger partial charge < -0.3 is 14.6 Å². The van der Waals surface area contributed by atoms with Crippen molar-refractivity contribution in [3.8, 4) is 0 Å². The Morgan fingerprint density at radius 2 is 1.92 bits per heavy atom. The van der Waals surface area contributed by atoms with E-state index in [1.807, 2.05) is 0 Å². The van der Waals surface area contributed by atoms with Crippen LogP contribution in [-0.2, 0) is 9.47 Å². The van der Waals surface area contributed by atoms with Crippen molar-refractivity contribution in [1.29, 1.82) is 0 Å². The van der Waals surface area contributed by atoms with Crippen molar-refractivity contribution in [3.63, 3.8) is 0 Å². The zero-order valence-electron chi connectivity index (χ0n) is 8.32. The van der Waals surface area contributed by atoms with Crippen LogP contribution in [0.15, 0.2) is 0 Å². The zero-order valence-corrected chi connectivity index (χ0v) is 8.32. The van der Waals surface area contributed by atoms with Crippen LogP contribution in [-0.4, -0.2) is 31.2 Å². The Bertz CT molecular complexity index is 189. The maximum absolute atomic E-state index is 9.84. The molecule has 76 valence electrons. The second kappa shape index (κ2) is 3.23. The quantitative estimate of drug-likeness (QED) is 0.658. The number of fused-ring (bicyclic) bond motifs is 3. The van der Waals surface area contributed by atoms with Gasteiger partial charge >= 0.3 is 0 Å². The van der Waals surface area contributed by atoms with Crippen LogP contribution in [0.5, 0.6) is 0 Å². The third-order valence-corrected chi connectivity index (χ3v) is 3.75. The summed E-state index contributed by atoms with van der Waals surface area (Å²) in [5, 5.41) is 9.84. The van der Waals surface area contributed by atoms with E-state index >= 15 is 0 Å². The van der Waals surface area contributed by atoms with E-state index in [4.69, 9.17) is 9.47 Å². The summed E-state index contributed by atoms with van der Waals surface area (Å²) >= 11 is 0. The van der Waals surface area contributed by atoms with E-state index in [2.05, 4.69) is 0 Å². The van der Waals surface area contributed by atoms with Gasteiger partial charge in [-0.05, 0) is 25.2 Å². The molecular formula is C10H18O3. The van der Waals surface area contributed by atoms with E-state index in [1.165, 1.54) is 6.42 Å². The van der Waals surface area contributed by atoms with Crippen molar-refractivity contribution in [2.24, 2.45) is 11.8 Å². The predicted octanol–water partition coefficient (Wildman–Crippen LogP) is 1.16. The first-order valence-electron chi connectivity index (χ1n) is 5.00. The molecule has 0 aromatic heterocycles. The van der Waals surface area contributed by atoms with Crippen molar-refractivity contribution >= 4 is 0 Å². The monoisotopic (exact) mass is 186 g/mol. The SMILES string of the molecule is COC1(OC)CC2CCC1C(O)C2. The first-order valence-corrected chi connectivity index (χ1v) is 5.00. The fraction of sp³-hybridized carbons (Fsp3) is 1.00. The Kier molecular flexibility index (Phi) is 2.34. The predicted molar refractivity (Wildman–Crippen MR) is 48.2 cm³/mol. The van der Waals surface area contributed by atoms with E-state index in [9.17, 15) is 5.11 Å². The molecule has 2 bridgehead atoms. The molecule has 3 heteroatoms. The Morgan fingerprint density at radius 3 is 2.31 bits per heavy atom. The van der Waals surface area contributed by atoms with Crippen molar-refractivity contribution in [2.45, 2.75) is 37.6 Å². The van der Waals surface area contributed by atoms with Gasteiger partial charge in [-0.15, -0.1) is 0 Å². The molecular weight excluding hydrogens is 168 g/mol. The van der Waals surface area contributed by atoms with Gasteiger partial charge in [0.2, 0.25) is 0 Å². The molecule has 3 aliphatic rings. The van der Waals surface area contributed by atoms with Gasteiger partial charge in [0.25, 0.3) is 0 Å². The summed E-state index contributed by atoms with van der Waals surface area (Å²) in [6, 6.07) is 0. The topological polar surface area (TPSA) is 38.7 Å². The number of rotatable bonds is 2. The molecule has 3 nitrogen and oxygen atoms in total.